The molecule has 1 aromatic heterocycles. The van der Waals surface area contributed by atoms with Crippen molar-refractivity contribution in [1.82, 2.24) is 4.72 Å². The van der Waals surface area contributed by atoms with Crippen molar-refractivity contribution in [2.24, 2.45) is 0 Å². The van der Waals surface area contributed by atoms with E-state index in [0.29, 0.717) is 4.88 Å². The number of aliphatic hydroxyl groups is 1. The number of benzene rings is 2. The molecule has 2 aromatic carbocycles. The SMILES string of the molecule is Cc1cc(S(=O)(=O)NCC(C)(O)c2cc3ccccc3s2)ccc1F. The van der Waals surface area contributed by atoms with E-state index in [1.54, 1.807) is 6.92 Å². The van der Waals surface area contributed by atoms with Crippen molar-refractivity contribution in [1.29, 1.82) is 0 Å². The highest BCUT2D eigenvalue weighted by atomic mass is 32.2. The summed E-state index contributed by atoms with van der Waals surface area (Å²) in [7, 11) is -3.84. The maximum Gasteiger partial charge on any atom is 0.240 e. The molecule has 2 N–H and O–H groups in total. The zero-order chi connectivity index (χ0) is 18.2. The predicted octanol–water partition coefficient (Wildman–Crippen LogP) is 3.53. The molecule has 0 bridgehead atoms. The van der Waals surface area contributed by atoms with Crippen molar-refractivity contribution in [2.45, 2.75) is 24.3 Å². The predicted molar refractivity (Wildman–Crippen MR) is 97.7 cm³/mol. The number of halogens is 1. The van der Waals surface area contributed by atoms with Crippen LogP contribution in [0.3, 0.4) is 0 Å². The average molecular weight is 379 g/mol. The maximum absolute atomic E-state index is 13.3. The van der Waals surface area contributed by atoms with Gasteiger partial charge in [-0.15, -0.1) is 11.3 Å². The van der Waals surface area contributed by atoms with Gasteiger partial charge in [-0.05, 0) is 55.1 Å². The fourth-order valence-corrected chi connectivity index (χ4v) is 4.76. The molecule has 0 spiro atoms. The standard InChI is InChI=1S/C18H18FNO3S2/c1-12-9-14(7-8-15(12)19)25(22,23)20-11-18(2,21)17-10-13-5-3-4-6-16(13)24-17/h3-10,20-21H,11H2,1-2H3. The molecule has 0 aliphatic heterocycles. The molecule has 3 aromatic rings. The second kappa shape index (κ2) is 6.49. The van der Waals surface area contributed by atoms with Crippen molar-refractivity contribution in [3.63, 3.8) is 0 Å². The van der Waals surface area contributed by atoms with Crippen LogP contribution in [-0.2, 0) is 15.6 Å². The summed E-state index contributed by atoms with van der Waals surface area (Å²) in [6.45, 7) is 2.89. The molecule has 1 heterocycles. The minimum atomic E-state index is -3.84. The van der Waals surface area contributed by atoms with Crippen LogP contribution in [0.5, 0.6) is 0 Å². The topological polar surface area (TPSA) is 66.4 Å². The third-order valence-corrected chi connectivity index (χ3v) is 6.77. The lowest BCUT2D eigenvalue weighted by Gasteiger charge is -2.22. The van der Waals surface area contributed by atoms with Crippen LogP contribution in [-0.4, -0.2) is 20.1 Å². The minimum absolute atomic E-state index is 0.0291. The summed E-state index contributed by atoms with van der Waals surface area (Å²) in [5, 5.41) is 11.7. The zero-order valence-electron chi connectivity index (χ0n) is 13.8. The molecule has 0 saturated carbocycles. The Hall–Kier alpha value is -1.80. The molecule has 25 heavy (non-hydrogen) atoms. The highest BCUT2D eigenvalue weighted by Gasteiger charge is 2.28. The quantitative estimate of drug-likeness (QED) is 0.713. The Kier molecular flexibility index (Phi) is 4.68. The lowest BCUT2D eigenvalue weighted by atomic mass is 10.1. The van der Waals surface area contributed by atoms with Gasteiger partial charge < -0.3 is 5.11 Å². The lowest BCUT2D eigenvalue weighted by Crippen LogP contribution is -2.38. The summed E-state index contributed by atoms with van der Waals surface area (Å²) in [5.41, 5.74) is -1.11. The summed E-state index contributed by atoms with van der Waals surface area (Å²) < 4.78 is 41.6. The van der Waals surface area contributed by atoms with Gasteiger partial charge in [0.05, 0.1) is 4.90 Å². The summed E-state index contributed by atoms with van der Waals surface area (Å²) in [5.74, 6) is -0.462. The lowest BCUT2D eigenvalue weighted by molar-refractivity contribution is 0.0666. The number of sulfonamides is 1. The molecule has 1 atom stereocenters. The summed E-state index contributed by atoms with van der Waals surface area (Å²) in [6.07, 6.45) is 0. The Morgan fingerprint density at radius 1 is 1.20 bits per heavy atom. The van der Waals surface area contributed by atoms with Crippen LogP contribution in [0.25, 0.3) is 10.1 Å². The first-order valence-corrected chi connectivity index (χ1v) is 9.96. The fourth-order valence-electron chi connectivity index (χ4n) is 2.44. The molecule has 0 amide bonds. The van der Waals surface area contributed by atoms with Gasteiger partial charge in [-0.1, -0.05) is 18.2 Å². The van der Waals surface area contributed by atoms with Gasteiger partial charge >= 0.3 is 0 Å². The van der Waals surface area contributed by atoms with E-state index in [9.17, 15) is 17.9 Å². The van der Waals surface area contributed by atoms with E-state index in [1.807, 2.05) is 30.3 Å². The van der Waals surface area contributed by atoms with E-state index in [2.05, 4.69) is 4.72 Å². The third-order valence-electron chi connectivity index (χ3n) is 4.00. The summed E-state index contributed by atoms with van der Waals surface area (Å²) in [4.78, 5) is 0.644. The molecule has 132 valence electrons. The first-order chi connectivity index (χ1) is 11.7. The van der Waals surface area contributed by atoms with Crippen LogP contribution in [0, 0.1) is 12.7 Å². The number of aryl methyl sites for hydroxylation is 1. The van der Waals surface area contributed by atoms with Crippen molar-refractivity contribution < 1.29 is 17.9 Å². The van der Waals surface area contributed by atoms with E-state index < -0.39 is 21.4 Å². The smallest absolute Gasteiger partial charge is 0.240 e. The molecular weight excluding hydrogens is 361 g/mol. The highest BCUT2D eigenvalue weighted by Crippen LogP contribution is 2.33. The normalized spacial score (nSPS) is 14.6. The third kappa shape index (κ3) is 3.74. The molecule has 0 radical (unpaired) electrons. The van der Waals surface area contributed by atoms with Crippen LogP contribution < -0.4 is 4.72 Å². The molecule has 4 nitrogen and oxygen atoms in total. The number of fused-ring (bicyclic) bond motifs is 1. The number of rotatable bonds is 5. The van der Waals surface area contributed by atoms with Crippen LogP contribution in [0.15, 0.2) is 53.4 Å². The van der Waals surface area contributed by atoms with Crippen molar-refractivity contribution in [3.05, 3.63) is 64.8 Å². The molecule has 7 heteroatoms. The van der Waals surface area contributed by atoms with Crippen LogP contribution >= 0.6 is 11.3 Å². The highest BCUT2D eigenvalue weighted by molar-refractivity contribution is 7.89. The fraction of sp³-hybridized carbons (Fsp3) is 0.222. The maximum atomic E-state index is 13.3. The molecular formula is C18H18FNO3S2. The Morgan fingerprint density at radius 3 is 2.60 bits per heavy atom. The van der Waals surface area contributed by atoms with Gasteiger partial charge in [0.15, 0.2) is 0 Å². The number of nitrogens with one attached hydrogen (secondary N) is 1. The van der Waals surface area contributed by atoms with Crippen molar-refractivity contribution in [2.75, 3.05) is 6.54 Å². The van der Waals surface area contributed by atoms with Gasteiger partial charge in [0.2, 0.25) is 10.0 Å². The first kappa shape index (κ1) is 18.0. The second-order valence-corrected chi connectivity index (χ2v) is 9.01. The number of thiophene rings is 1. The van der Waals surface area contributed by atoms with Gasteiger partial charge in [0, 0.05) is 16.1 Å². The van der Waals surface area contributed by atoms with Gasteiger partial charge in [-0.25, -0.2) is 17.5 Å². The molecule has 0 aliphatic carbocycles. The van der Waals surface area contributed by atoms with Crippen LogP contribution in [0.2, 0.25) is 0 Å². The van der Waals surface area contributed by atoms with Crippen LogP contribution in [0.4, 0.5) is 4.39 Å². The van der Waals surface area contributed by atoms with E-state index in [0.717, 1.165) is 16.2 Å². The Morgan fingerprint density at radius 2 is 1.92 bits per heavy atom. The summed E-state index contributed by atoms with van der Waals surface area (Å²) in [6, 6.07) is 13.2. The monoisotopic (exact) mass is 379 g/mol. The van der Waals surface area contributed by atoms with Gasteiger partial charge in [-0.3, -0.25) is 0 Å². The van der Waals surface area contributed by atoms with Crippen molar-refractivity contribution in [3.8, 4) is 0 Å². The molecule has 1 unspecified atom stereocenters. The Labute approximate surface area is 150 Å². The Balaban J connectivity index is 1.81. The van der Waals surface area contributed by atoms with E-state index in [-0.39, 0.29) is 17.0 Å². The molecule has 3 rings (SSSR count). The van der Waals surface area contributed by atoms with Gasteiger partial charge in [0.1, 0.15) is 11.4 Å². The van der Waals surface area contributed by atoms with Crippen LogP contribution in [0.1, 0.15) is 17.4 Å². The average Bonchev–Trinajstić information content (AvgIpc) is 3.01. The van der Waals surface area contributed by atoms with E-state index in [4.69, 9.17) is 0 Å². The number of hydrogen-bond acceptors (Lipinski definition) is 4. The molecule has 0 saturated heterocycles. The molecule has 0 aliphatic rings. The minimum Gasteiger partial charge on any atom is -0.383 e. The van der Waals surface area contributed by atoms with Gasteiger partial charge in [-0.2, -0.15) is 0 Å². The number of hydrogen-bond donors (Lipinski definition) is 2. The first-order valence-electron chi connectivity index (χ1n) is 7.66. The zero-order valence-corrected chi connectivity index (χ0v) is 15.4. The summed E-state index contributed by atoms with van der Waals surface area (Å²) >= 11 is 1.42. The second-order valence-electron chi connectivity index (χ2n) is 6.16. The van der Waals surface area contributed by atoms with Crippen molar-refractivity contribution >= 4 is 31.4 Å². The largest absolute Gasteiger partial charge is 0.383 e. The Bertz CT molecular complexity index is 993. The van der Waals surface area contributed by atoms with E-state index in [1.165, 1.54) is 30.4 Å². The van der Waals surface area contributed by atoms with Gasteiger partial charge in [0.25, 0.3) is 0 Å². The molecule has 0 fully saturated rings. The van der Waals surface area contributed by atoms with E-state index >= 15 is 0 Å².